The Bertz CT molecular complexity index is 687. The maximum atomic E-state index is 12.5. The molecule has 0 saturated carbocycles. The summed E-state index contributed by atoms with van der Waals surface area (Å²) in [5.74, 6) is 0.186. The van der Waals surface area contributed by atoms with Crippen LogP contribution in [0.2, 0.25) is 0 Å². The minimum atomic E-state index is -0.309. The smallest absolute Gasteiger partial charge is 0.307 e. The van der Waals surface area contributed by atoms with Crippen LogP contribution in [0, 0.1) is 0 Å². The number of hydrogen-bond donors (Lipinski definition) is 0. The van der Waals surface area contributed by atoms with Gasteiger partial charge < -0.3 is 9.47 Å². The summed E-state index contributed by atoms with van der Waals surface area (Å²) in [7, 11) is 1.59. The number of para-hydroxylation sites is 1. The second-order valence-electron chi connectivity index (χ2n) is 5.40. The van der Waals surface area contributed by atoms with Crippen molar-refractivity contribution in [3.05, 3.63) is 34.7 Å². The van der Waals surface area contributed by atoms with Crippen LogP contribution >= 0.6 is 24.0 Å². The van der Waals surface area contributed by atoms with E-state index in [1.54, 1.807) is 13.2 Å². The highest BCUT2D eigenvalue weighted by atomic mass is 32.2. The van der Waals surface area contributed by atoms with Crippen LogP contribution in [0.5, 0.6) is 5.75 Å². The fourth-order valence-corrected chi connectivity index (χ4v) is 3.52. The number of unbranched alkanes of at least 4 members (excludes halogenated alkanes) is 1. The first-order chi connectivity index (χ1) is 12.1. The first-order valence-electron chi connectivity index (χ1n) is 8.10. The quantitative estimate of drug-likeness (QED) is 0.298. The number of methoxy groups -OCH3 is 1. The van der Waals surface area contributed by atoms with Gasteiger partial charge >= 0.3 is 5.97 Å². The molecule has 1 saturated heterocycles. The summed E-state index contributed by atoms with van der Waals surface area (Å²) in [5.41, 5.74) is 0.810. The van der Waals surface area contributed by atoms with E-state index < -0.39 is 0 Å². The highest BCUT2D eigenvalue weighted by molar-refractivity contribution is 8.26. The summed E-state index contributed by atoms with van der Waals surface area (Å²) in [6.45, 7) is 2.68. The van der Waals surface area contributed by atoms with Gasteiger partial charge in [0.05, 0.1) is 25.0 Å². The number of esters is 1. The molecule has 0 N–H and O–H groups in total. The van der Waals surface area contributed by atoms with Gasteiger partial charge in [0, 0.05) is 12.1 Å². The largest absolute Gasteiger partial charge is 0.496 e. The molecule has 1 fully saturated rings. The summed E-state index contributed by atoms with van der Waals surface area (Å²) >= 11 is 6.50. The second-order valence-corrected chi connectivity index (χ2v) is 7.08. The Hall–Kier alpha value is -1.86. The van der Waals surface area contributed by atoms with Gasteiger partial charge in [0.15, 0.2) is 0 Å². The fourth-order valence-electron chi connectivity index (χ4n) is 2.23. The normalized spacial score (nSPS) is 15.8. The molecule has 1 aromatic rings. The number of thiocarbonyl (C=S) groups is 1. The molecule has 5 nitrogen and oxygen atoms in total. The minimum absolute atomic E-state index is 0.137. The van der Waals surface area contributed by atoms with Crippen LogP contribution in [0.1, 0.15) is 31.7 Å². The lowest BCUT2D eigenvalue weighted by Crippen LogP contribution is -2.30. The van der Waals surface area contributed by atoms with Crippen LogP contribution in [0.15, 0.2) is 29.2 Å². The van der Waals surface area contributed by atoms with Crippen LogP contribution in [-0.4, -0.2) is 41.4 Å². The predicted molar refractivity (Wildman–Crippen MR) is 103 cm³/mol. The molecule has 0 aliphatic carbocycles. The van der Waals surface area contributed by atoms with Crippen LogP contribution in [-0.2, 0) is 14.3 Å². The molecule has 1 heterocycles. The molecule has 0 atom stereocenters. The van der Waals surface area contributed by atoms with Gasteiger partial charge in [-0.15, -0.1) is 0 Å². The molecule has 2 rings (SSSR count). The van der Waals surface area contributed by atoms with Crippen LogP contribution < -0.4 is 4.74 Å². The Morgan fingerprint density at radius 3 is 2.84 bits per heavy atom. The Morgan fingerprint density at radius 2 is 2.12 bits per heavy atom. The van der Waals surface area contributed by atoms with E-state index in [1.165, 1.54) is 16.7 Å². The number of thioether (sulfide) groups is 1. The standard InChI is InChI=1S/C18H21NO4S2/c1-3-4-11-23-16(20)9-10-19-17(21)15(25-18(19)24)12-13-7-5-6-8-14(13)22-2/h5-8,12H,3-4,9-11H2,1-2H3/b15-12-. The molecule has 0 aromatic heterocycles. The Kier molecular flexibility index (Phi) is 7.46. The summed E-state index contributed by atoms with van der Waals surface area (Å²) < 4.78 is 10.9. The summed E-state index contributed by atoms with van der Waals surface area (Å²) in [6, 6.07) is 7.45. The molecule has 0 spiro atoms. The molecule has 25 heavy (non-hydrogen) atoms. The van der Waals surface area contributed by atoms with Crippen molar-refractivity contribution in [2.24, 2.45) is 0 Å². The molecule has 1 aromatic carbocycles. The first kappa shape index (κ1) is 19.5. The van der Waals surface area contributed by atoms with E-state index >= 15 is 0 Å². The van der Waals surface area contributed by atoms with Gasteiger partial charge in [0.25, 0.3) is 5.91 Å². The minimum Gasteiger partial charge on any atom is -0.496 e. The summed E-state index contributed by atoms with van der Waals surface area (Å²) in [5, 5.41) is 0. The maximum Gasteiger partial charge on any atom is 0.307 e. The first-order valence-corrected chi connectivity index (χ1v) is 9.33. The Morgan fingerprint density at radius 1 is 1.36 bits per heavy atom. The van der Waals surface area contributed by atoms with Gasteiger partial charge in [-0.2, -0.15) is 0 Å². The van der Waals surface area contributed by atoms with E-state index in [-0.39, 0.29) is 24.8 Å². The van der Waals surface area contributed by atoms with Crippen molar-refractivity contribution < 1.29 is 19.1 Å². The van der Waals surface area contributed by atoms with Gasteiger partial charge in [-0.05, 0) is 18.6 Å². The molecule has 0 bridgehead atoms. The second kappa shape index (κ2) is 9.58. The van der Waals surface area contributed by atoms with Gasteiger partial charge in [0.2, 0.25) is 0 Å². The van der Waals surface area contributed by atoms with E-state index in [1.807, 2.05) is 31.2 Å². The molecule has 1 amide bonds. The number of carbonyl (C=O) groups is 2. The Labute approximate surface area is 157 Å². The third-order valence-electron chi connectivity index (χ3n) is 3.60. The van der Waals surface area contributed by atoms with Gasteiger partial charge in [0.1, 0.15) is 10.1 Å². The van der Waals surface area contributed by atoms with E-state index in [9.17, 15) is 9.59 Å². The van der Waals surface area contributed by atoms with E-state index in [4.69, 9.17) is 21.7 Å². The van der Waals surface area contributed by atoms with Crippen molar-refractivity contribution in [2.45, 2.75) is 26.2 Å². The van der Waals surface area contributed by atoms with Crippen molar-refractivity contribution in [3.8, 4) is 5.75 Å². The van der Waals surface area contributed by atoms with Gasteiger partial charge in [-0.3, -0.25) is 14.5 Å². The third-order valence-corrected chi connectivity index (χ3v) is 4.98. The van der Waals surface area contributed by atoms with Gasteiger partial charge in [-0.1, -0.05) is 55.5 Å². The molecule has 0 unspecified atom stereocenters. The van der Waals surface area contributed by atoms with Crippen molar-refractivity contribution in [1.29, 1.82) is 0 Å². The van der Waals surface area contributed by atoms with Crippen molar-refractivity contribution in [1.82, 2.24) is 4.90 Å². The zero-order valence-corrected chi connectivity index (χ0v) is 16.0. The van der Waals surface area contributed by atoms with Crippen molar-refractivity contribution in [2.75, 3.05) is 20.3 Å². The summed E-state index contributed by atoms with van der Waals surface area (Å²) in [4.78, 5) is 26.2. The average molecular weight is 380 g/mol. The molecule has 134 valence electrons. The van der Waals surface area contributed by atoms with E-state index in [2.05, 4.69) is 0 Å². The van der Waals surface area contributed by atoms with E-state index in [0.29, 0.717) is 21.6 Å². The molecule has 1 aliphatic rings. The zero-order chi connectivity index (χ0) is 18.2. The lowest BCUT2D eigenvalue weighted by atomic mass is 10.2. The number of benzene rings is 1. The SMILES string of the molecule is CCCCOC(=O)CCN1C(=O)/C(=C/c2ccccc2OC)SC1=S. The van der Waals surface area contributed by atoms with Crippen molar-refractivity contribution in [3.63, 3.8) is 0 Å². The third kappa shape index (κ3) is 5.31. The van der Waals surface area contributed by atoms with Crippen LogP contribution in [0.4, 0.5) is 0 Å². The van der Waals surface area contributed by atoms with Gasteiger partial charge in [-0.25, -0.2) is 0 Å². The number of ether oxygens (including phenoxy) is 2. The molecular weight excluding hydrogens is 358 g/mol. The lowest BCUT2D eigenvalue weighted by molar-refractivity contribution is -0.144. The van der Waals surface area contributed by atoms with Crippen LogP contribution in [0.25, 0.3) is 6.08 Å². The maximum absolute atomic E-state index is 12.5. The fraction of sp³-hybridized carbons (Fsp3) is 0.389. The van der Waals surface area contributed by atoms with Crippen molar-refractivity contribution >= 4 is 46.3 Å². The monoisotopic (exact) mass is 379 g/mol. The number of nitrogens with zero attached hydrogens (tertiary/aromatic N) is 1. The number of rotatable bonds is 8. The predicted octanol–water partition coefficient (Wildman–Crippen LogP) is 3.63. The zero-order valence-electron chi connectivity index (χ0n) is 14.3. The molecular formula is C18H21NO4S2. The topological polar surface area (TPSA) is 55.8 Å². The Balaban J connectivity index is 2.00. The average Bonchev–Trinajstić information content (AvgIpc) is 2.87. The molecule has 7 heteroatoms. The number of carbonyl (C=O) groups excluding carboxylic acids is 2. The number of hydrogen-bond acceptors (Lipinski definition) is 6. The highest BCUT2D eigenvalue weighted by Gasteiger charge is 2.32. The van der Waals surface area contributed by atoms with Crippen LogP contribution in [0.3, 0.4) is 0 Å². The number of amides is 1. The lowest BCUT2D eigenvalue weighted by Gasteiger charge is -2.13. The summed E-state index contributed by atoms with van der Waals surface area (Å²) in [6.07, 6.45) is 3.71. The highest BCUT2D eigenvalue weighted by Crippen LogP contribution is 2.34. The van der Waals surface area contributed by atoms with E-state index in [0.717, 1.165) is 18.4 Å². The molecule has 0 radical (unpaired) electrons. The molecule has 1 aliphatic heterocycles.